The minimum atomic E-state index is -0.575. The van der Waals surface area contributed by atoms with Crippen LogP contribution in [0.3, 0.4) is 0 Å². The summed E-state index contributed by atoms with van der Waals surface area (Å²) in [5.41, 5.74) is 10.9. The number of anilines is 2. The van der Waals surface area contributed by atoms with Crippen molar-refractivity contribution in [1.82, 2.24) is 14.4 Å². The number of rotatable bonds is 3. The molecule has 4 heterocycles. The van der Waals surface area contributed by atoms with Crippen LogP contribution in [-0.4, -0.2) is 53.7 Å². The number of halogens is 1. The molecule has 9 heteroatoms. The third-order valence-electron chi connectivity index (χ3n) is 6.97. The third-order valence-corrected chi connectivity index (χ3v) is 6.97. The van der Waals surface area contributed by atoms with E-state index in [1.54, 1.807) is 12.3 Å². The van der Waals surface area contributed by atoms with Crippen molar-refractivity contribution in [2.75, 3.05) is 43.1 Å². The molecule has 1 unspecified atom stereocenters. The number of nitrogens with two attached hydrogens (primary N) is 1. The van der Waals surface area contributed by atoms with Crippen molar-refractivity contribution in [3.05, 3.63) is 60.2 Å². The maximum Gasteiger partial charge on any atom is 0.181 e. The molecule has 36 heavy (non-hydrogen) atoms. The van der Waals surface area contributed by atoms with Gasteiger partial charge in [0.1, 0.15) is 24.2 Å². The van der Waals surface area contributed by atoms with Gasteiger partial charge in [0.15, 0.2) is 11.5 Å². The van der Waals surface area contributed by atoms with Crippen LogP contribution >= 0.6 is 0 Å². The maximum atomic E-state index is 14.7. The van der Waals surface area contributed by atoms with Crippen LogP contribution in [0.25, 0.3) is 28.2 Å². The number of hydrogen-bond donors (Lipinski definition) is 1. The molecule has 0 spiro atoms. The predicted molar refractivity (Wildman–Crippen MR) is 137 cm³/mol. The fourth-order valence-electron chi connectivity index (χ4n) is 5.12. The lowest BCUT2D eigenvalue weighted by Crippen LogP contribution is -2.43. The van der Waals surface area contributed by atoms with Gasteiger partial charge in [0.2, 0.25) is 0 Å². The van der Waals surface area contributed by atoms with Gasteiger partial charge in [0.25, 0.3) is 0 Å². The molecule has 0 bridgehead atoms. The average molecular weight is 484 g/mol. The molecule has 0 radical (unpaired) electrons. The largest absolute Gasteiger partial charge is 0.490 e. The summed E-state index contributed by atoms with van der Waals surface area (Å²) in [4.78, 5) is 14.0. The van der Waals surface area contributed by atoms with Gasteiger partial charge in [-0.2, -0.15) is 5.26 Å². The monoisotopic (exact) mass is 483 g/mol. The number of imidazole rings is 1. The first-order valence-electron chi connectivity index (χ1n) is 12.1. The van der Waals surface area contributed by atoms with Crippen LogP contribution in [0.15, 0.2) is 48.8 Å². The molecule has 2 aromatic carbocycles. The van der Waals surface area contributed by atoms with Crippen molar-refractivity contribution in [1.29, 1.82) is 5.26 Å². The average Bonchev–Trinajstić information content (AvgIpc) is 3.28. The number of aromatic nitrogens is 3. The van der Waals surface area contributed by atoms with Crippen molar-refractivity contribution >= 4 is 17.2 Å². The van der Waals surface area contributed by atoms with Gasteiger partial charge in [-0.25, -0.2) is 14.4 Å². The first-order chi connectivity index (χ1) is 17.5. The molecule has 0 amide bonds. The molecular weight excluding hydrogens is 457 g/mol. The van der Waals surface area contributed by atoms with E-state index < -0.39 is 5.82 Å². The van der Waals surface area contributed by atoms with Gasteiger partial charge < -0.3 is 20.3 Å². The van der Waals surface area contributed by atoms with Crippen molar-refractivity contribution in [2.45, 2.75) is 18.9 Å². The summed E-state index contributed by atoms with van der Waals surface area (Å²) in [5.74, 6) is 0.974. The Labute approximate surface area is 208 Å². The highest BCUT2D eigenvalue weighted by molar-refractivity contribution is 5.86. The van der Waals surface area contributed by atoms with Gasteiger partial charge in [-0.05, 0) is 37.1 Å². The zero-order valence-corrected chi connectivity index (χ0v) is 20.0. The van der Waals surface area contributed by atoms with E-state index in [0.29, 0.717) is 30.1 Å². The highest BCUT2D eigenvalue weighted by Gasteiger charge is 2.25. The second-order valence-electron chi connectivity index (χ2n) is 9.36. The topological polar surface area (TPSA) is 95.7 Å². The maximum absolute atomic E-state index is 14.7. The third kappa shape index (κ3) is 3.71. The minimum absolute atomic E-state index is 0.000979. The second-order valence-corrected chi connectivity index (χ2v) is 9.36. The fraction of sp³-hybridized carbons (Fsp3) is 0.296. The number of benzene rings is 2. The van der Waals surface area contributed by atoms with Gasteiger partial charge >= 0.3 is 0 Å². The molecule has 1 saturated heterocycles. The molecule has 2 N–H and O–H groups in total. The number of piperidine rings is 1. The second kappa shape index (κ2) is 8.81. The number of fused-ring (bicyclic) bond motifs is 2. The van der Waals surface area contributed by atoms with Gasteiger partial charge in [0.05, 0.1) is 29.2 Å². The summed E-state index contributed by atoms with van der Waals surface area (Å²) in [5, 5.41) is 9.21. The summed E-state index contributed by atoms with van der Waals surface area (Å²) in [6.07, 6.45) is 5.61. The molecular formula is C27H26FN7O. The van der Waals surface area contributed by atoms with E-state index in [-0.39, 0.29) is 11.6 Å². The lowest BCUT2D eigenvalue weighted by Gasteiger charge is -2.31. The number of hydrogen-bond acceptors (Lipinski definition) is 7. The Morgan fingerprint density at radius 1 is 1.17 bits per heavy atom. The zero-order valence-electron chi connectivity index (χ0n) is 20.0. The van der Waals surface area contributed by atoms with E-state index in [1.807, 2.05) is 41.9 Å². The molecule has 0 aliphatic carbocycles. The van der Waals surface area contributed by atoms with Crippen LogP contribution < -0.4 is 20.3 Å². The van der Waals surface area contributed by atoms with E-state index in [9.17, 15) is 9.65 Å². The Kier molecular flexibility index (Phi) is 5.46. The molecule has 182 valence electrons. The predicted octanol–water partition coefficient (Wildman–Crippen LogP) is 3.83. The van der Waals surface area contributed by atoms with Crippen LogP contribution in [0.5, 0.6) is 5.75 Å². The van der Waals surface area contributed by atoms with E-state index in [4.69, 9.17) is 15.5 Å². The molecule has 4 aromatic rings. The highest BCUT2D eigenvalue weighted by Crippen LogP contribution is 2.40. The molecule has 2 aliphatic rings. The van der Waals surface area contributed by atoms with Crippen molar-refractivity contribution in [2.24, 2.45) is 5.73 Å². The Balaban J connectivity index is 1.58. The minimum Gasteiger partial charge on any atom is -0.490 e. The first kappa shape index (κ1) is 22.3. The van der Waals surface area contributed by atoms with Gasteiger partial charge in [-0.15, -0.1) is 0 Å². The smallest absolute Gasteiger partial charge is 0.181 e. The van der Waals surface area contributed by atoms with E-state index in [1.165, 1.54) is 12.1 Å². The van der Waals surface area contributed by atoms with Gasteiger partial charge in [-0.1, -0.05) is 12.1 Å². The Hall–Kier alpha value is -4.16. The van der Waals surface area contributed by atoms with E-state index in [2.05, 4.69) is 14.8 Å². The van der Waals surface area contributed by atoms with Crippen molar-refractivity contribution in [3.8, 4) is 34.3 Å². The number of nitriles is 1. The van der Waals surface area contributed by atoms with Gasteiger partial charge in [-0.3, -0.25) is 4.40 Å². The van der Waals surface area contributed by atoms with Gasteiger partial charge in [0, 0.05) is 49.7 Å². The van der Waals surface area contributed by atoms with E-state index >= 15 is 0 Å². The van der Waals surface area contributed by atoms with Crippen LogP contribution in [0.1, 0.15) is 18.4 Å². The zero-order chi connectivity index (χ0) is 24.8. The molecule has 1 atom stereocenters. The summed E-state index contributed by atoms with van der Waals surface area (Å²) in [7, 11) is 2.04. The van der Waals surface area contributed by atoms with Crippen LogP contribution in [0, 0.1) is 17.1 Å². The fourth-order valence-corrected chi connectivity index (χ4v) is 5.12. The van der Waals surface area contributed by atoms with Crippen LogP contribution in [0.2, 0.25) is 0 Å². The van der Waals surface area contributed by atoms with Crippen LogP contribution in [-0.2, 0) is 0 Å². The highest BCUT2D eigenvalue weighted by atomic mass is 19.1. The van der Waals surface area contributed by atoms with Crippen molar-refractivity contribution in [3.63, 3.8) is 0 Å². The lowest BCUT2D eigenvalue weighted by atomic mass is 10.0. The molecule has 2 aromatic heterocycles. The SMILES string of the molecule is CN1CCOc2cc(-c3c(-c4ccc(C#N)c(F)c4)nc4c(N5CCCC(N)C5)nccn34)ccc21. The molecule has 8 nitrogen and oxygen atoms in total. The lowest BCUT2D eigenvalue weighted by molar-refractivity contribution is 0.311. The van der Waals surface area contributed by atoms with Crippen molar-refractivity contribution < 1.29 is 9.13 Å². The summed E-state index contributed by atoms with van der Waals surface area (Å²) >= 11 is 0. The number of likely N-dealkylation sites (N-methyl/N-ethyl adjacent to an activating group) is 1. The Bertz CT molecular complexity index is 1510. The quantitative estimate of drug-likeness (QED) is 0.473. The molecule has 0 saturated carbocycles. The molecule has 2 aliphatic heterocycles. The summed E-state index contributed by atoms with van der Waals surface area (Å²) < 4.78 is 22.7. The first-order valence-corrected chi connectivity index (χ1v) is 12.1. The van der Waals surface area contributed by atoms with Crippen LogP contribution in [0.4, 0.5) is 15.9 Å². The van der Waals surface area contributed by atoms with E-state index in [0.717, 1.165) is 54.4 Å². The molecule has 6 rings (SSSR count). The standard InChI is InChI=1S/C27H26FN7O/c1-33-11-12-36-23-14-18(6-7-22(23)33)25-24(17-4-5-19(15-29)21(28)13-17)32-27-26(31-8-10-35(25)27)34-9-2-3-20(30)16-34/h4-8,10,13-14,20H,2-3,9,11-12,16,30H2,1H3. The number of ether oxygens (including phenoxy) is 1. The Morgan fingerprint density at radius 2 is 2.03 bits per heavy atom. The Morgan fingerprint density at radius 3 is 2.83 bits per heavy atom. The summed E-state index contributed by atoms with van der Waals surface area (Å²) in [6, 6.07) is 12.7. The normalized spacial score (nSPS) is 17.6. The number of nitrogens with zero attached hydrogens (tertiary/aromatic N) is 6. The molecule has 1 fully saturated rings. The summed E-state index contributed by atoms with van der Waals surface area (Å²) in [6.45, 7) is 2.99.